The Labute approximate surface area is 167 Å². The van der Waals surface area contributed by atoms with Gasteiger partial charge in [0.2, 0.25) is 0 Å². The number of carbonyl (C=O) groups excluding carboxylic acids is 2. The summed E-state index contributed by atoms with van der Waals surface area (Å²) in [6.07, 6.45) is 3.94. The lowest BCUT2D eigenvalue weighted by atomic mass is 9.89. The minimum atomic E-state index is -1.06. The Balaban J connectivity index is 2.19. The Bertz CT molecular complexity index is 718. The highest BCUT2D eigenvalue weighted by atomic mass is 16.6. The van der Waals surface area contributed by atoms with E-state index in [0.717, 1.165) is 42.5 Å². The molecule has 0 bridgehead atoms. The van der Waals surface area contributed by atoms with E-state index in [4.69, 9.17) is 14.2 Å². The van der Waals surface area contributed by atoms with Gasteiger partial charge in [-0.2, -0.15) is 0 Å². The predicted octanol–water partition coefficient (Wildman–Crippen LogP) is 4.04. The standard InChI is InChI=1S/C22H33NO5/c1-7-26-20(25)22(5,6)27-18-13-12-17(15-10-8-9-11-16(15)18)23-14-19(24)28-21(2,3)4/h12-13,23H,7-11,14H2,1-6H3. The molecule has 6 heteroatoms. The number of esters is 2. The highest BCUT2D eigenvalue weighted by Crippen LogP contribution is 2.36. The second-order valence-corrected chi connectivity index (χ2v) is 8.55. The van der Waals surface area contributed by atoms with Crippen molar-refractivity contribution in [3.63, 3.8) is 0 Å². The quantitative estimate of drug-likeness (QED) is 0.707. The van der Waals surface area contributed by atoms with E-state index < -0.39 is 11.2 Å². The van der Waals surface area contributed by atoms with Gasteiger partial charge in [0.15, 0.2) is 5.60 Å². The van der Waals surface area contributed by atoms with E-state index in [1.54, 1.807) is 20.8 Å². The summed E-state index contributed by atoms with van der Waals surface area (Å²) in [5, 5.41) is 3.21. The average Bonchev–Trinajstić information content (AvgIpc) is 2.59. The SMILES string of the molecule is CCOC(=O)C(C)(C)Oc1ccc(NCC(=O)OC(C)(C)C)c2c1CCCC2. The number of anilines is 1. The molecular formula is C22H33NO5. The van der Waals surface area contributed by atoms with Gasteiger partial charge in [-0.1, -0.05) is 0 Å². The van der Waals surface area contributed by atoms with Crippen molar-refractivity contribution in [1.29, 1.82) is 0 Å². The van der Waals surface area contributed by atoms with Crippen molar-refractivity contribution in [3.05, 3.63) is 23.3 Å². The summed E-state index contributed by atoms with van der Waals surface area (Å²) >= 11 is 0. The van der Waals surface area contributed by atoms with Gasteiger partial charge in [-0.05, 0) is 90.5 Å². The molecule has 0 saturated heterocycles. The molecule has 0 saturated carbocycles. The van der Waals surface area contributed by atoms with E-state index in [-0.39, 0.29) is 18.5 Å². The van der Waals surface area contributed by atoms with Crippen LogP contribution >= 0.6 is 0 Å². The van der Waals surface area contributed by atoms with E-state index >= 15 is 0 Å². The Kier molecular flexibility index (Phi) is 6.96. The van der Waals surface area contributed by atoms with Crippen LogP contribution < -0.4 is 10.1 Å². The summed E-state index contributed by atoms with van der Waals surface area (Å²) in [5.41, 5.74) is 1.59. The summed E-state index contributed by atoms with van der Waals surface area (Å²) in [5.74, 6) is 0.0306. The topological polar surface area (TPSA) is 73.9 Å². The van der Waals surface area contributed by atoms with Gasteiger partial charge in [0.1, 0.15) is 17.9 Å². The van der Waals surface area contributed by atoms with Gasteiger partial charge < -0.3 is 19.5 Å². The first-order valence-corrected chi connectivity index (χ1v) is 10.00. The molecule has 0 radical (unpaired) electrons. The number of nitrogens with one attached hydrogen (secondary N) is 1. The number of fused-ring (bicyclic) bond motifs is 1. The zero-order valence-corrected chi connectivity index (χ0v) is 17.9. The second-order valence-electron chi connectivity index (χ2n) is 8.55. The third-order valence-corrected chi connectivity index (χ3v) is 4.47. The van der Waals surface area contributed by atoms with Crippen LogP contribution in [0.4, 0.5) is 5.69 Å². The van der Waals surface area contributed by atoms with Crippen molar-refractivity contribution in [2.45, 2.75) is 78.4 Å². The number of hydrogen-bond donors (Lipinski definition) is 1. The Hall–Kier alpha value is -2.24. The lowest BCUT2D eigenvalue weighted by Crippen LogP contribution is -2.40. The molecule has 1 aliphatic rings. The Morgan fingerprint density at radius 3 is 2.29 bits per heavy atom. The zero-order valence-electron chi connectivity index (χ0n) is 17.9. The lowest BCUT2D eigenvalue weighted by molar-refractivity contribution is -0.158. The summed E-state index contributed by atoms with van der Waals surface area (Å²) in [6.45, 7) is 11.2. The van der Waals surface area contributed by atoms with Crippen LogP contribution in [-0.4, -0.2) is 36.3 Å². The van der Waals surface area contributed by atoms with Gasteiger partial charge in [0.05, 0.1) is 6.61 Å². The third-order valence-electron chi connectivity index (χ3n) is 4.47. The zero-order chi connectivity index (χ0) is 20.9. The van der Waals surface area contributed by atoms with Crippen molar-refractivity contribution >= 4 is 17.6 Å². The molecule has 0 amide bonds. The van der Waals surface area contributed by atoms with Gasteiger partial charge in [-0.25, -0.2) is 4.79 Å². The minimum Gasteiger partial charge on any atom is -0.476 e. The smallest absolute Gasteiger partial charge is 0.349 e. The summed E-state index contributed by atoms with van der Waals surface area (Å²) in [4.78, 5) is 24.2. The van der Waals surface area contributed by atoms with Crippen LogP contribution in [0.5, 0.6) is 5.75 Å². The normalized spacial score (nSPS) is 14.1. The molecule has 6 nitrogen and oxygen atoms in total. The highest BCUT2D eigenvalue weighted by Gasteiger charge is 2.33. The van der Waals surface area contributed by atoms with Gasteiger partial charge in [-0.15, -0.1) is 0 Å². The van der Waals surface area contributed by atoms with Crippen LogP contribution in [-0.2, 0) is 31.9 Å². The third kappa shape index (κ3) is 5.88. The fourth-order valence-electron chi connectivity index (χ4n) is 3.26. The molecule has 1 aliphatic carbocycles. The fourth-order valence-corrected chi connectivity index (χ4v) is 3.26. The first-order chi connectivity index (χ1) is 13.0. The molecule has 2 rings (SSSR count). The molecule has 0 fully saturated rings. The second kappa shape index (κ2) is 8.84. The first kappa shape index (κ1) is 22.1. The molecule has 156 valence electrons. The van der Waals surface area contributed by atoms with E-state index in [9.17, 15) is 9.59 Å². The number of ether oxygens (including phenoxy) is 3. The maximum Gasteiger partial charge on any atom is 0.349 e. The number of carbonyl (C=O) groups is 2. The van der Waals surface area contributed by atoms with Gasteiger partial charge >= 0.3 is 11.9 Å². The average molecular weight is 392 g/mol. The van der Waals surface area contributed by atoms with Crippen LogP contribution in [0.15, 0.2) is 12.1 Å². The molecule has 0 spiro atoms. The van der Waals surface area contributed by atoms with E-state index in [1.165, 1.54) is 0 Å². The summed E-state index contributed by atoms with van der Waals surface area (Å²) in [6, 6.07) is 3.77. The molecule has 0 aliphatic heterocycles. The van der Waals surface area contributed by atoms with Crippen molar-refractivity contribution in [1.82, 2.24) is 0 Å². The fraction of sp³-hybridized carbons (Fsp3) is 0.636. The van der Waals surface area contributed by atoms with Gasteiger partial charge in [0.25, 0.3) is 0 Å². The summed E-state index contributed by atoms with van der Waals surface area (Å²) in [7, 11) is 0. The number of hydrogen-bond acceptors (Lipinski definition) is 6. The Morgan fingerprint density at radius 2 is 1.68 bits per heavy atom. The van der Waals surface area contributed by atoms with Crippen molar-refractivity contribution in [3.8, 4) is 5.75 Å². The predicted molar refractivity (Wildman–Crippen MR) is 109 cm³/mol. The first-order valence-electron chi connectivity index (χ1n) is 10.00. The van der Waals surface area contributed by atoms with Gasteiger partial charge in [-0.3, -0.25) is 4.79 Å². The summed E-state index contributed by atoms with van der Waals surface area (Å²) < 4.78 is 16.6. The van der Waals surface area contributed by atoms with Crippen molar-refractivity contribution in [2.75, 3.05) is 18.5 Å². The van der Waals surface area contributed by atoms with E-state index in [2.05, 4.69) is 5.32 Å². The molecule has 0 atom stereocenters. The molecule has 1 aromatic carbocycles. The van der Waals surface area contributed by atoms with Crippen LogP contribution in [0, 0.1) is 0 Å². The van der Waals surface area contributed by atoms with Crippen LogP contribution in [0.1, 0.15) is 65.5 Å². The van der Waals surface area contributed by atoms with E-state index in [0.29, 0.717) is 12.4 Å². The number of benzene rings is 1. The lowest BCUT2D eigenvalue weighted by Gasteiger charge is -2.29. The van der Waals surface area contributed by atoms with Crippen LogP contribution in [0.3, 0.4) is 0 Å². The minimum absolute atomic E-state index is 0.109. The van der Waals surface area contributed by atoms with Crippen molar-refractivity contribution in [2.24, 2.45) is 0 Å². The number of rotatable bonds is 7. The molecule has 0 heterocycles. The van der Waals surface area contributed by atoms with Gasteiger partial charge in [0, 0.05) is 5.69 Å². The van der Waals surface area contributed by atoms with Crippen LogP contribution in [0.25, 0.3) is 0 Å². The molecule has 0 aromatic heterocycles. The maximum absolute atomic E-state index is 12.2. The monoisotopic (exact) mass is 391 g/mol. The van der Waals surface area contributed by atoms with Crippen molar-refractivity contribution < 1.29 is 23.8 Å². The molecule has 1 aromatic rings. The van der Waals surface area contributed by atoms with E-state index in [1.807, 2.05) is 32.9 Å². The molecule has 0 unspecified atom stereocenters. The molecule has 28 heavy (non-hydrogen) atoms. The Morgan fingerprint density at radius 1 is 1.04 bits per heavy atom. The highest BCUT2D eigenvalue weighted by molar-refractivity contribution is 5.79. The molecular weight excluding hydrogens is 358 g/mol. The maximum atomic E-state index is 12.2. The van der Waals surface area contributed by atoms with Crippen LogP contribution in [0.2, 0.25) is 0 Å². The molecule has 1 N–H and O–H groups in total. The largest absolute Gasteiger partial charge is 0.476 e.